The average molecular weight is 382 g/mol. The van der Waals surface area contributed by atoms with Crippen molar-refractivity contribution in [2.24, 2.45) is 0 Å². The summed E-state index contributed by atoms with van der Waals surface area (Å²) in [5.41, 5.74) is 0. The van der Waals surface area contributed by atoms with Crippen LogP contribution in [0, 0.1) is 6.04 Å². The van der Waals surface area contributed by atoms with E-state index in [1.807, 2.05) is 0 Å². The van der Waals surface area contributed by atoms with E-state index in [-0.39, 0.29) is 0 Å². The monoisotopic (exact) mass is 381 g/mol. The van der Waals surface area contributed by atoms with Crippen LogP contribution in [0.3, 0.4) is 0 Å². The summed E-state index contributed by atoms with van der Waals surface area (Å²) in [5.74, 6) is 0. The van der Waals surface area contributed by atoms with Crippen molar-refractivity contribution in [2.45, 2.75) is 155 Å². The third-order valence-corrected chi connectivity index (χ3v) is 12.1. The zero-order chi connectivity index (χ0) is 19.3. The molecule has 0 aromatic heterocycles. The van der Waals surface area contributed by atoms with Gasteiger partial charge in [-0.1, -0.05) is 155 Å². The molecule has 0 aromatic carbocycles. The van der Waals surface area contributed by atoms with Crippen LogP contribution in [0.25, 0.3) is 0 Å². The Morgan fingerprint density at radius 3 is 1.04 bits per heavy atom. The second-order valence-electron chi connectivity index (χ2n) is 8.72. The molecule has 157 valence electrons. The lowest BCUT2D eigenvalue weighted by molar-refractivity contribution is 0.529. The molecule has 0 amide bonds. The molecule has 1 heteroatoms. The van der Waals surface area contributed by atoms with Gasteiger partial charge in [-0.15, -0.1) is 0 Å². The summed E-state index contributed by atoms with van der Waals surface area (Å²) in [6, 6.07) is 7.16. The lowest BCUT2D eigenvalue weighted by atomic mass is 10.0. The Balaban J connectivity index is 3.20. The molecule has 0 unspecified atom stereocenters. The summed E-state index contributed by atoms with van der Waals surface area (Å²) < 4.78 is 0. The highest BCUT2D eigenvalue weighted by molar-refractivity contribution is 6.82. The van der Waals surface area contributed by atoms with Crippen molar-refractivity contribution in [1.29, 1.82) is 0 Å². The molecule has 26 heavy (non-hydrogen) atoms. The van der Waals surface area contributed by atoms with Crippen LogP contribution in [-0.2, 0) is 0 Å². The molecule has 0 aliphatic carbocycles. The molecule has 0 rings (SSSR count). The van der Waals surface area contributed by atoms with E-state index in [0.717, 1.165) is 0 Å². The Kier molecular flexibility index (Phi) is 20.1. The van der Waals surface area contributed by atoms with Crippen molar-refractivity contribution in [2.75, 3.05) is 0 Å². The summed E-state index contributed by atoms with van der Waals surface area (Å²) in [7, 11) is -0.951. The number of hydrogen-bond acceptors (Lipinski definition) is 0. The predicted octanol–water partition coefficient (Wildman–Crippen LogP) is 9.89. The lowest BCUT2D eigenvalue weighted by Crippen LogP contribution is -2.32. The zero-order valence-electron chi connectivity index (χ0n) is 19.2. The highest BCUT2D eigenvalue weighted by atomic mass is 28.3. The fourth-order valence-corrected chi connectivity index (χ4v) is 7.47. The quantitative estimate of drug-likeness (QED) is 0.137. The fraction of sp³-hybridized carbons (Fsp3) is 0.960. The van der Waals surface area contributed by atoms with Crippen molar-refractivity contribution in [3.05, 3.63) is 6.04 Å². The molecular weight excluding hydrogens is 328 g/mol. The maximum Gasteiger partial charge on any atom is 0.0558 e. The third-order valence-electron chi connectivity index (χ3n) is 6.75. The molecule has 0 saturated heterocycles. The molecule has 0 aliphatic rings. The second-order valence-corrected chi connectivity index (χ2v) is 14.0. The third kappa shape index (κ3) is 15.3. The Bertz CT molecular complexity index is 249. The van der Waals surface area contributed by atoms with Gasteiger partial charge in [0.25, 0.3) is 0 Å². The maximum atomic E-state index is 2.79. The summed E-state index contributed by atoms with van der Waals surface area (Å²) in [5, 5.41) is 0. The Morgan fingerprint density at radius 2 is 0.731 bits per heavy atom. The molecule has 0 bridgehead atoms. The molecule has 0 saturated carbocycles. The van der Waals surface area contributed by atoms with Crippen LogP contribution in [0.15, 0.2) is 0 Å². The molecule has 0 aromatic rings. The first-order valence-electron chi connectivity index (χ1n) is 12.6. The first-order valence-corrected chi connectivity index (χ1v) is 15.3. The van der Waals surface area contributed by atoms with Crippen LogP contribution in [0.1, 0.15) is 137 Å². The van der Waals surface area contributed by atoms with Crippen molar-refractivity contribution in [3.8, 4) is 0 Å². The van der Waals surface area contributed by atoms with E-state index in [1.165, 1.54) is 127 Å². The van der Waals surface area contributed by atoms with E-state index < -0.39 is 8.07 Å². The van der Waals surface area contributed by atoms with Gasteiger partial charge in [0, 0.05) is 0 Å². The van der Waals surface area contributed by atoms with Gasteiger partial charge in [-0.2, -0.15) is 0 Å². The van der Waals surface area contributed by atoms with Crippen molar-refractivity contribution < 1.29 is 0 Å². The van der Waals surface area contributed by atoms with E-state index in [2.05, 4.69) is 33.7 Å². The van der Waals surface area contributed by atoms with E-state index in [1.54, 1.807) is 0 Å². The van der Waals surface area contributed by atoms with Crippen molar-refractivity contribution in [1.82, 2.24) is 0 Å². The number of rotatable bonds is 21. The molecule has 1 radical (unpaired) electrons. The van der Waals surface area contributed by atoms with Crippen LogP contribution < -0.4 is 0 Å². The van der Waals surface area contributed by atoms with Gasteiger partial charge in [-0.05, 0) is 6.04 Å². The van der Waals surface area contributed by atoms with Crippen LogP contribution in [-0.4, -0.2) is 8.07 Å². The first-order chi connectivity index (χ1) is 12.7. The summed E-state index contributed by atoms with van der Waals surface area (Å²) in [4.78, 5) is 0. The van der Waals surface area contributed by atoms with Gasteiger partial charge in [0.15, 0.2) is 0 Å². The average Bonchev–Trinajstić information content (AvgIpc) is 2.68. The van der Waals surface area contributed by atoms with Crippen LogP contribution in [0.5, 0.6) is 0 Å². The lowest BCUT2D eigenvalue weighted by Gasteiger charge is -2.27. The van der Waals surface area contributed by atoms with Crippen LogP contribution >= 0.6 is 0 Å². The molecule has 0 nitrogen and oxygen atoms in total. The van der Waals surface area contributed by atoms with Gasteiger partial charge >= 0.3 is 0 Å². The Hall–Kier alpha value is 0.217. The smallest absolute Gasteiger partial charge is 0.0558 e. The van der Waals surface area contributed by atoms with E-state index in [0.29, 0.717) is 0 Å². The Labute approximate surface area is 169 Å². The maximum absolute atomic E-state index is 2.79. The minimum absolute atomic E-state index is 0.951. The topological polar surface area (TPSA) is 0 Å². The van der Waals surface area contributed by atoms with E-state index in [4.69, 9.17) is 0 Å². The summed E-state index contributed by atoms with van der Waals surface area (Å²) >= 11 is 0. The van der Waals surface area contributed by atoms with E-state index in [9.17, 15) is 0 Å². The zero-order valence-corrected chi connectivity index (χ0v) is 20.2. The SMILES string of the molecule is CCCCCCCCCCCCCCCCCC[CH][Si](CC)(CC)CC. The van der Waals surface area contributed by atoms with Gasteiger partial charge < -0.3 is 0 Å². The van der Waals surface area contributed by atoms with Gasteiger partial charge in [-0.3, -0.25) is 0 Å². The van der Waals surface area contributed by atoms with Gasteiger partial charge in [0.2, 0.25) is 0 Å². The highest BCUT2D eigenvalue weighted by Crippen LogP contribution is 2.25. The highest BCUT2D eigenvalue weighted by Gasteiger charge is 2.25. The molecule has 0 fully saturated rings. The van der Waals surface area contributed by atoms with Crippen molar-refractivity contribution >= 4 is 8.07 Å². The largest absolute Gasteiger partial charge is 0.0678 e. The van der Waals surface area contributed by atoms with Gasteiger partial charge in [-0.25, -0.2) is 0 Å². The predicted molar refractivity (Wildman–Crippen MR) is 126 cm³/mol. The summed E-state index contributed by atoms with van der Waals surface area (Å²) in [6.07, 6.45) is 24.9. The minimum atomic E-state index is -0.951. The number of hydrogen-bond donors (Lipinski definition) is 0. The molecule has 0 aliphatic heterocycles. The molecule has 0 N–H and O–H groups in total. The fourth-order valence-electron chi connectivity index (χ4n) is 4.28. The van der Waals surface area contributed by atoms with Crippen LogP contribution in [0.2, 0.25) is 18.1 Å². The van der Waals surface area contributed by atoms with Crippen molar-refractivity contribution in [3.63, 3.8) is 0 Å². The minimum Gasteiger partial charge on any atom is -0.0678 e. The Morgan fingerprint density at radius 1 is 0.423 bits per heavy atom. The molecular formula is C25H53Si. The second kappa shape index (κ2) is 20.0. The molecule has 0 atom stereocenters. The molecule has 0 heterocycles. The van der Waals surface area contributed by atoms with Gasteiger partial charge in [0.1, 0.15) is 0 Å². The summed E-state index contributed by atoms with van der Waals surface area (Å²) in [6.45, 7) is 9.56. The van der Waals surface area contributed by atoms with E-state index >= 15 is 0 Å². The normalized spacial score (nSPS) is 12.0. The molecule has 0 spiro atoms. The first kappa shape index (κ1) is 26.2. The van der Waals surface area contributed by atoms with Crippen LogP contribution in [0.4, 0.5) is 0 Å². The van der Waals surface area contributed by atoms with Gasteiger partial charge in [0.05, 0.1) is 8.07 Å². The number of unbranched alkanes of at least 4 members (excludes halogenated alkanes) is 16. The standard InChI is InChI=1S/C25H53Si/c1-5-9-10-11-12-13-14-15-16-17-18-19-20-21-22-23-24-25-26(6-2,7-3)8-4/h25H,5-24H2,1-4H3.